The molecule has 244 valence electrons. The van der Waals surface area contributed by atoms with Crippen LogP contribution in [0.15, 0.2) is 22.9 Å². The Morgan fingerprint density at radius 2 is 1.73 bits per heavy atom. The highest BCUT2D eigenvalue weighted by Crippen LogP contribution is 2.36. The summed E-state index contributed by atoms with van der Waals surface area (Å²) < 4.78 is 27.3. The Morgan fingerprint density at radius 1 is 1.07 bits per heavy atom. The maximum Gasteiger partial charge on any atom is 0.328 e. The average molecular weight is 625 g/mol. The standard InChI is InChI=1S/C33H45FN6O5/c1-20-24(19-44-38-20)31(42)37-27(22-11-9-7-6-8-10-12-22)30-35-25-14-13-23(26(34)28(25)36-30)29(32(43)45-33(3,4)5)40-17-15-39(16-18-40)21(2)41/h13-14,19,22,27,29H,6-12,15-18H2,1-5H3,(H,35,36)(H,37,42)/t27-,29+/m1/s1. The van der Waals surface area contributed by atoms with Gasteiger partial charge in [0.25, 0.3) is 5.91 Å². The number of imidazole rings is 1. The number of ether oxygens (including phenoxy) is 1. The van der Waals surface area contributed by atoms with Crippen LogP contribution in [0.3, 0.4) is 0 Å². The molecule has 2 fully saturated rings. The summed E-state index contributed by atoms with van der Waals surface area (Å²) in [5, 5.41) is 7.00. The predicted molar refractivity (Wildman–Crippen MR) is 166 cm³/mol. The van der Waals surface area contributed by atoms with Crippen molar-refractivity contribution in [3.05, 3.63) is 46.9 Å². The molecule has 3 heterocycles. The van der Waals surface area contributed by atoms with E-state index >= 15 is 4.39 Å². The third-order valence-corrected chi connectivity index (χ3v) is 8.89. The van der Waals surface area contributed by atoms with Crippen molar-refractivity contribution in [3.63, 3.8) is 0 Å². The van der Waals surface area contributed by atoms with Crippen molar-refractivity contribution in [2.45, 2.75) is 97.2 Å². The van der Waals surface area contributed by atoms with Crippen LogP contribution < -0.4 is 5.32 Å². The molecule has 1 aliphatic carbocycles. The van der Waals surface area contributed by atoms with Crippen LogP contribution in [0.25, 0.3) is 11.0 Å². The lowest BCUT2D eigenvalue weighted by molar-refractivity contribution is -0.162. The number of aromatic nitrogens is 3. The molecule has 1 aromatic carbocycles. The summed E-state index contributed by atoms with van der Waals surface area (Å²) in [6, 6.07) is 1.84. The summed E-state index contributed by atoms with van der Waals surface area (Å²) >= 11 is 0. The number of carbonyl (C=O) groups excluding carboxylic acids is 3. The molecular weight excluding hydrogens is 579 g/mol. The minimum Gasteiger partial charge on any atom is -0.459 e. The van der Waals surface area contributed by atoms with Crippen molar-refractivity contribution < 1.29 is 28.0 Å². The highest BCUT2D eigenvalue weighted by atomic mass is 19.1. The van der Waals surface area contributed by atoms with Gasteiger partial charge in [-0.25, -0.2) is 14.2 Å². The quantitative estimate of drug-likeness (QED) is 0.335. The summed E-state index contributed by atoms with van der Waals surface area (Å²) in [6.07, 6.45) is 8.69. The smallest absolute Gasteiger partial charge is 0.328 e. The highest BCUT2D eigenvalue weighted by Gasteiger charge is 2.37. The Balaban J connectivity index is 1.51. The van der Waals surface area contributed by atoms with E-state index in [1.54, 1.807) is 44.7 Å². The van der Waals surface area contributed by atoms with Crippen LogP contribution in [0.2, 0.25) is 0 Å². The van der Waals surface area contributed by atoms with Crippen LogP contribution in [0.5, 0.6) is 0 Å². The minimum absolute atomic E-state index is 0.0368. The molecule has 5 rings (SSSR count). The molecular formula is C33H45FN6O5. The Labute approximate surface area is 263 Å². The normalized spacial score (nSPS) is 18.7. The molecule has 2 aliphatic rings. The number of carbonyl (C=O) groups is 3. The van der Waals surface area contributed by atoms with Crippen LogP contribution in [0, 0.1) is 18.7 Å². The fourth-order valence-corrected chi connectivity index (χ4v) is 6.52. The lowest BCUT2D eigenvalue weighted by Gasteiger charge is -2.39. The third-order valence-electron chi connectivity index (χ3n) is 8.89. The number of aryl methyl sites for hydroxylation is 1. The molecule has 45 heavy (non-hydrogen) atoms. The number of H-pyrrole nitrogens is 1. The number of hydrogen-bond acceptors (Lipinski definition) is 8. The molecule has 1 aliphatic heterocycles. The van der Waals surface area contributed by atoms with Gasteiger partial charge in [0.05, 0.1) is 17.3 Å². The van der Waals surface area contributed by atoms with Gasteiger partial charge in [0.2, 0.25) is 5.91 Å². The summed E-state index contributed by atoms with van der Waals surface area (Å²) in [4.78, 5) is 50.5. The summed E-state index contributed by atoms with van der Waals surface area (Å²) in [7, 11) is 0. The van der Waals surface area contributed by atoms with Gasteiger partial charge < -0.3 is 24.5 Å². The molecule has 3 aromatic rings. The zero-order valence-electron chi connectivity index (χ0n) is 27.0. The van der Waals surface area contributed by atoms with Gasteiger partial charge in [-0.05, 0) is 52.5 Å². The molecule has 2 atom stereocenters. The van der Waals surface area contributed by atoms with Gasteiger partial charge in [0.1, 0.15) is 34.8 Å². The lowest BCUT2D eigenvalue weighted by atomic mass is 9.85. The van der Waals surface area contributed by atoms with Crippen LogP contribution in [0.4, 0.5) is 4.39 Å². The largest absolute Gasteiger partial charge is 0.459 e. The van der Waals surface area contributed by atoms with Crippen LogP contribution in [-0.4, -0.2) is 74.5 Å². The number of halogens is 1. The molecule has 0 spiro atoms. The number of hydrogen-bond donors (Lipinski definition) is 2. The first-order valence-corrected chi connectivity index (χ1v) is 16.0. The SMILES string of the molecule is CC(=O)N1CCN([C@H](C(=O)OC(C)(C)C)c2ccc3[nH]c([C@H](NC(=O)c4conc4C)C4CCCCCCC4)nc3c2F)CC1. The van der Waals surface area contributed by atoms with Crippen molar-refractivity contribution in [3.8, 4) is 0 Å². The molecule has 0 unspecified atom stereocenters. The first kappa shape index (κ1) is 32.6. The number of aromatic amines is 1. The zero-order valence-corrected chi connectivity index (χ0v) is 27.0. The maximum atomic E-state index is 16.6. The second-order valence-corrected chi connectivity index (χ2v) is 13.3. The average Bonchev–Trinajstić information content (AvgIpc) is 3.59. The Morgan fingerprint density at radius 3 is 2.33 bits per heavy atom. The molecule has 0 bridgehead atoms. The molecule has 2 amide bonds. The second kappa shape index (κ2) is 13.7. The van der Waals surface area contributed by atoms with Crippen molar-refractivity contribution in [1.82, 2.24) is 30.2 Å². The number of nitrogens with one attached hydrogen (secondary N) is 2. The van der Waals surface area contributed by atoms with Gasteiger partial charge in [-0.2, -0.15) is 0 Å². The van der Waals surface area contributed by atoms with Gasteiger partial charge in [0, 0.05) is 38.7 Å². The van der Waals surface area contributed by atoms with E-state index in [1.165, 1.54) is 19.6 Å². The maximum absolute atomic E-state index is 16.6. The van der Waals surface area contributed by atoms with E-state index in [4.69, 9.17) is 14.2 Å². The van der Waals surface area contributed by atoms with E-state index in [0.29, 0.717) is 48.8 Å². The van der Waals surface area contributed by atoms with E-state index in [9.17, 15) is 14.4 Å². The van der Waals surface area contributed by atoms with Gasteiger partial charge in [-0.1, -0.05) is 43.3 Å². The molecule has 0 radical (unpaired) electrons. The fraction of sp³-hybridized carbons (Fsp3) is 0.606. The molecule has 2 N–H and O–H groups in total. The predicted octanol–water partition coefficient (Wildman–Crippen LogP) is 5.38. The van der Waals surface area contributed by atoms with E-state index in [1.807, 2.05) is 4.90 Å². The molecule has 2 aromatic heterocycles. The first-order valence-electron chi connectivity index (χ1n) is 16.0. The first-order chi connectivity index (χ1) is 21.4. The number of esters is 1. The lowest BCUT2D eigenvalue weighted by Crippen LogP contribution is -2.51. The Hall–Kier alpha value is -3.80. The third kappa shape index (κ3) is 7.54. The molecule has 1 saturated heterocycles. The van der Waals surface area contributed by atoms with Crippen LogP contribution in [-0.2, 0) is 14.3 Å². The van der Waals surface area contributed by atoms with Gasteiger partial charge in [0.15, 0.2) is 5.82 Å². The van der Waals surface area contributed by atoms with E-state index < -0.39 is 29.5 Å². The van der Waals surface area contributed by atoms with Crippen molar-refractivity contribution in [2.75, 3.05) is 26.2 Å². The van der Waals surface area contributed by atoms with E-state index in [0.717, 1.165) is 38.5 Å². The van der Waals surface area contributed by atoms with E-state index in [-0.39, 0.29) is 28.8 Å². The summed E-state index contributed by atoms with van der Waals surface area (Å²) in [5.41, 5.74) is 0.800. The van der Waals surface area contributed by atoms with Crippen molar-refractivity contribution >= 4 is 28.8 Å². The monoisotopic (exact) mass is 624 g/mol. The second-order valence-electron chi connectivity index (χ2n) is 13.3. The number of amides is 2. The summed E-state index contributed by atoms with van der Waals surface area (Å²) in [5.74, 6) is -0.959. The van der Waals surface area contributed by atoms with Crippen LogP contribution >= 0.6 is 0 Å². The van der Waals surface area contributed by atoms with Gasteiger partial charge in [-0.3, -0.25) is 14.5 Å². The number of benzene rings is 1. The van der Waals surface area contributed by atoms with E-state index in [2.05, 4.69) is 15.5 Å². The number of nitrogens with zero attached hydrogens (tertiary/aromatic N) is 4. The number of rotatable bonds is 7. The Bertz CT molecular complexity index is 1510. The van der Waals surface area contributed by atoms with Crippen molar-refractivity contribution in [2.24, 2.45) is 5.92 Å². The van der Waals surface area contributed by atoms with Crippen LogP contribution in [0.1, 0.15) is 112 Å². The fourth-order valence-electron chi connectivity index (χ4n) is 6.52. The number of piperazine rings is 1. The molecule has 11 nitrogen and oxygen atoms in total. The Kier molecular flexibility index (Phi) is 9.91. The van der Waals surface area contributed by atoms with Gasteiger partial charge >= 0.3 is 5.97 Å². The summed E-state index contributed by atoms with van der Waals surface area (Å²) in [6.45, 7) is 10.2. The van der Waals surface area contributed by atoms with Crippen molar-refractivity contribution in [1.29, 1.82) is 0 Å². The molecule has 1 saturated carbocycles. The highest BCUT2D eigenvalue weighted by molar-refractivity contribution is 5.95. The number of fused-ring (bicyclic) bond motifs is 1. The minimum atomic E-state index is -1.01. The van der Waals surface area contributed by atoms with Gasteiger partial charge in [-0.15, -0.1) is 0 Å². The topological polar surface area (TPSA) is 134 Å². The molecule has 12 heteroatoms. The zero-order chi connectivity index (χ0) is 32.3.